The summed E-state index contributed by atoms with van der Waals surface area (Å²) in [6.45, 7) is -0.162. The lowest BCUT2D eigenvalue weighted by Gasteiger charge is -2.25. The van der Waals surface area contributed by atoms with Gasteiger partial charge < -0.3 is 0 Å². The fraction of sp³-hybridized carbons (Fsp3) is 0.500. The van der Waals surface area contributed by atoms with Crippen molar-refractivity contribution in [3.8, 4) is 0 Å². The molecule has 1 aliphatic rings. The van der Waals surface area contributed by atoms with E-state index in [9.17, 15) is 19.6 Å². The number of hydroxylamine groups is 2. The van der Waals surface area contributed by atoms with Gasteiger partial charge in [0.05, 0.1) is 18.9 Å². The molecule has 136 valence electrons. The predicted octanol–water partition coefficient (Wildman–Crippen LogP) is 1.50. The van der Waals surface area contributed by atoms with E-state index in [1.54, 1.807) is 12.1 Å². The van der Waals surface area contributed by atoms with Gasteiger partial charge in [-0.1, -0.05) is 56.0 Å². The smallest absolute Gasteiger partial charge is 0.248 e. The molecular formula is C18H25N3O4. The summed E-state index contributed by atoms with van der Waals surface area (Å²) in [5.41, 5.74) is 0.764. The number of imide groups is 1. The number of benzene rings is 1. The van der Waals surface area contributed by atoms with Crippen molar-refractivity contribution in [2.24, 2.45) is 17.7 Å². The van der Waals surface area contributed by atoms with Gasteiger partial charge in [-0.2, -0.15) is 0 Å². The second-order valence-electron chi connectivity index (χ2n) is 6.57. The first-order valence-electron chi connectivity index (χ1n) is 8.57. The van der Waals surface area contributed by atoms with Gasteiger partial charge in [-0.25, -0.2) is 15.9 Å². The SMILES string of the molecule is NN(C(=O)Cc1ccccc1)C(=O)C(CC1CCCC1)CN(O)C=O. The molecule has 7 heteroatoms. The predicted molar refractivity (Wildman–Crippen MR) is 90.8 cm³/mol. The van der Waals surface area contributed by atoms with Gasteiger partial charge in [0.25, 0.3) is 0 Å². The number of rotatable bonds is 8. The minimum absolute atomic E-state index is 0.0236. The van der Waals surface area contributed by atoms with Crippen LogP contribution in [0.15, 0.2) is 30.3 Å². The molecule has 1 aromatic rings. The van der Waals surface area contributed by atoms with Crippen LogP contribution >= 0.6 is 0 Å². The maximum Gasteiger partial charge on any atom is 0.248 e. The fourth-order valence-corrected chi connectivity index (χ4v) is 3.35. The van der Waals surface area contributed by atoms with E-state index >= 15 is 0 Å². The van der Waals surface area contributed by atoms with Gasteiger partial charge in [0.1, 0.15) is 0 Å². The molecule has 0 bridgehead atoms. The summed E-state index contributed by atoms with van der Waals surface area (Å²) >= 11 is 0. The van der Waals surface area contributed by atoms with Crippen molar-refractivity contribution < 1.29 is 19.6 Å². The Morgan fingerprint density at radius 2 is 1.88 bits per heavy atom. The lowest BCUT2D eigenvalue weighted by Crippen LogP contribution is -2.49. The molecular weight excluding hydrogens is 322 g/mol. The Labute approximate surface area is 147 Å². The molecule has 1 aromatic carbocycles. The fourth-order valence-electron chi connectivity index (χ4n) is 3.35. The molecule has 0 spiro atoms. The monoisotopic (exact) mass is 347 g/mol. The molecule has 1 unspecified atom stereocenters. The van der Waals surface area contributed by atoms with Crippen LogP contribution in [0.1, 0.15) is 37.7 Å². The van der Waals surface area contributed by atoms with Crippen LogP contribution in [-0.2, 0) is 20.8 Å². The van der Waals surface area contributed by atoms with Crippen LogP contribution in [0.5, 0.6) is 0 Å². The van der Waals surface area contributed by atoms with Gasteiger partial charge in [-0.15, -0.1) is 0 Å². The van der Waals surface area contributed by atoms with Gasteiger partial charge in [0.2, 0.25) is 18.2 Å². The number of nitrogens with two attached hydrogens (primary N) is 1. The molecule has 1 atom stereocenters. The highest BCUT2D eigenvalue weighted by Crippen LogP contribution is 2.31. The number of hydrogen-bond acceptors (Lipinski definition) is 5. The number of nitrogens with zero attached hydrogens (tertiary/aromatic N) is 2. The van der Waals surface area contributed by atoms with Gasteiger partial charge >= 0.3 is 0 Å². The minimum Gasteiger partial charge on any atom is -0.286 e. The van der Waals surface area contributed by atoms with Crippen LogP contribution in [0.4, 0.5) is 0 Å². The number of hydrazine groups is 1. The molecule has 7 nitrogen and oxygen atoms in total. The van der Waals surface area contributed by atoms with E-state index in [1.165, 1.54) is 0 Å². The third-order valence-corrected chi connectivity index (χ3v) is 4.68. The third-order valence-electron chi connectivity index (χ3n) is 4.68. The first-order valence-corrected chi connectivity index (χ1v) is 8.57. The first kappa shape index (κ1) is 19.1. The molecule has 1 aliphatic carbocycles. The summed E-state index contributed by atoms with van der Waals surface area (Å²) in [6.07, 6.45) is 5.04. The van der Waals surface area contributed by atoms with E-state index < -0.39 is 17.7 Å². The average Bonchev–Trinajstić information content (AvgIpc) is 3.13. The van der Waals surface area contributed by atoms with Gasteiger partial charge in [0, 0.05) is 0 Å². The molecule has 1 fully saturated rings. The Hall–Kier alpha value is -2.25. The van der Waals surface area contributed by atoms with Crippen LogP contribution in [0.3, 0.4) is 0 Å². The summed E-state index contributed by atoms with van der Waals surface area (Å²) in [7, 11) is 0. The molecule has 3 N–H and O–H groups in total. The van der Waals surface area contributed by atoms with Gasteiger partial charge in [-0.05, 0) is 17.9 Å². The lowest BCUT2D eigenvalue weighted by molar-refractivity contribution is -0.159. The zero-order valence-corrected chi connectivity index (χ0v) is 14.2. The zero-order chi connectivity index (χ0) is 18.2. The van der Waals surface area contributed by atoms with Gasteiger partial charge in [-0.3, -0.25) is 19.6 Å². The van der Waals surface area contributed by atoms with Crippen LogP contribution in [0.25, 0.3) is 0 Å². The molecule has 0 aliphatic heterocycles. The van der Waals surface area contributed by atoms with Crippen LogP contribution in [-0.4, -0.2) is 40.0 Å². The largest absolute Gasteiger partial charge is 0.286 e. The molecule has 0 heterocycles. The summed E-state index contributed by atoms with van der Waals surface area (Å²) in [5.74, 6) is 4.34. The number of amides is 3. The maximum absolute atomic E-state index is 12.6. The summed E-state index contributed by atoms with van der Waals surface area (Å²) < 4.78 is 0. The Kier molecular flexibility index (Phi) is 7.09. The van der Waals surface area contributed by atoms with E-state index in [0.717, 1.165) is 31.2 Å². The molecule has 3 amide bonds. The molecule has 2 rings (SSSR count). The highest BCUT2D eigenvalue weighted by atomic mass is 16.5. The summed E-state index contributed by atoms with van der Waals surface area (Å²) in [4.78, 5) is 35.6. The third kappa shape index (κ3) is 5.65. The lowest BCUT2D eigenvalue weighted by atomic mass is 9.92. The number of hydrogen-bond donors (Lipinski definition) is 2. The summed E-state index contributed by atoms with van der Waals surface area (Å²) in [5, 5.41) is 10.5. The average molecular weight is 347 g/mol. The van der Waals surface area contributed by atoms with E-state index in [-0.39, 0.29) is 19.4 Å². The van der Waals surface area contributed by atoms with Crippen LogP contribution in [0.2, 0.25) is 0 Å². The first-order chi connectivity index (χ1) is 12.0. The molecule has 25 heavy (non-hydrogen) atoms. The van der Waals surface area contributed by atoms with E-state index in [0.29, 0.717) is 22.4 Å². The second kappa shape index (κ2) is 9.29. The molecule has 0 saturated heterocycles. The van der Waals surface area contributed by atoms with E-state index in [4.69, 9.17) is 5.84 Å². The highest BCUT2D eigenvalue weighted by molar-refractivity contribution is 5.96. The molecule has 0 aromatic heterocycles. The Morgan fingerprint density at radius 3 is 2.48 bits per heavy atom. The normalized spacial score (nSPS) is 15.6. The molecule has 0 radical (unpaired) electrons. The Bertz CT molecular complexity index is 587. The van der Waals surface area contributed by atoms with Crippen molar-refractivity contribution in [3.05, 3.63) is 35.9 Å². The van der Waals surface area contributed by atoms with Crippen molar-refractivity contribution in [2.45, 2.75) is 38.5 Å². The zero-order valence-electron chi connectivity index (χ0n) is 14.2. The van der Waals surface area contributed by atoms with E-state index in [2.05, 4.69) is 0 Å². The van der Waals surface area contributed by atoms with Crippen molar-refractivity contribution in [3.63, 3.8) is 0 Å². The Balaban J connectivity index is 2.01. The van der Waals surface area contributed by atoms with Crippen molar-refractivity contribution >= 4 is 18.2 Å². The quantitative estimate of drug-likeness (QED) is 0.244. The van der Waals surface area contributed by atoms with Crippen molar-refractivity contribution in [1.82, 2.24) is 10.1 Å². The highest BCUT2D eigenvalue weighted by Gasteiger charge is 2.31. The Morgan fingerprint density at radius 1 is 1.24 bits per heavy atom. The standard InChI is InChI=1S/C18H25N3O4/c19-21(17(23)11-15-6-2-1-3-7-15)18(24)16(12-20(25)13-22)10-14-8-4-5-9-14/h1-3,6-7,13-14,16,25H,4-5,8-12,19H2. The topological polar surface area (TPSA) is 104 Å². The second-order valence-corrected chi connectivity index (χ2v) is 6.57. The van der Waals surface area contributed by atoms with Crippen molar-refractivity contribution in [1.29, 1.82) is 0 Å². The maximum atomic E-state index is 12.6. The molecule has 1 saturated carbocycles. The number of carbonyl (C=O) groups is 3. The van der Waals surface area contributed by atoms with Crippen molar-refractivity contribution in [2.75, 3.05) is 6.54 Å². The summed E-state index contributed by atoms with van der Waals surface area (Å²) in [6, 6.07) is 9.03. The van der Waals surface area contributed by atoms with Gasteiger partial charge in [0.15, 0.2) is 0 Å². The number of carbonyl (C=O) groups excluding carboxylic acids is 3. The minimum atomic E-state index is -0.692. The van der Waals surface area contributed by atoms with Crippen LogP contribution in [0, 0.1) is 11.8 Å². The van der Waals surface area contributed by atoms with E-state index in [1.807, 2.05) is 18.2 Å². The van der Waals surface area contributed by atoms with Crippen LogP contribution < -0.4 is 5.84 Å².